The number of nitrogens with one attached hydrogen (secondary N) is 1. The van der Waals surface area contributed by atoms with E-state index in [-0.39, 0.29) is 23.4 Å². The number of aromatic nitrogens is 1. The molecule has 0 amide bonds. The van der Waals surface area contributed by atoms with Gasteiger partial charge in [0.15, 0.2) is 5.03 Å². The second-order valence-corrected chi connectivity index (χ2v) is 5.90. The van der Waals surface area contributed by atoms with Gasteiger partial charge in [-0.3, -0.25) is 5.84 Å². The third kappa shape index (κ3) is 2.19. The molecule has 1 aliphatic heterocycles. The Balaban J connectivity index is 2.42. The first kappa shape index (κ1) is 13.2. The van der Waals surface area contributed by atoms with Crippen molar-refractivity contribution in [2.45, 2.75) is 23.9 Å². The van der Waals surface area contributed by atoms with Crippen molar-refractivity contribution < 1.29 is 13.5 Å². The molecular weight excluding hydrogens is 256 g/mol. The lowest BCUT2D eigenvalue weighted by molar-refractivity contribution is 0.213. The van der Waals surface area contributed by atoms with Gasteiger partial charge in [-0.2, -0.15) is 4.31 Å². The highest BCUT2D eigenvalue weighted by Gasteiger charge is 2.36. The number of hydrazine groups is 1. The molecule has 8 heteroatoms. The quantitative estimate of drug-likeness (QED) is 0.504. The number of rotatable bonds is 4. The summed E-state index contributed by atoms with van der Waals surface area (Å²) in [7, 11) is -3.72. The van der Waals surface area contributed by atoms with E-state index in [4.69, 9.17) is 5.84 Å². The highest BCUT2D eigenvalue weighted by Crippen LogP contribution is 2.28. The van der Waals surface area contributed by atoms with Gasteiger partial charge in [0.05, 0.1) is 12.3 Å². The molecule has 2 heterocycles. The fourth-order valence-electron chi connectivity index (χ4n) is 2.13. The fourth-order valence-corrected chi connectivity index (χ4v) is 3.88. The summed E-state index contributed by atoms with van der Waals surface area (Å²) in [5, 5.41) is 9.10. The van der Waals surface area contributed by atoms with Crippen molar-refractivity contribution in [2.75, 3.05) is 18.6 Å². The minimum Gasteiger partial charge on any atom is -0.395 e. The molecular formula is C10H16N4O3S. The van der Waals surface area contributed by atoms with Crippen LogP contribution >= 0.6 is 0 Å². The van der Waals surface area contributed by atoms with Crippen LogP contribution < -0.4 is 11.3 Å². The Morgan fingerprint density at radius 2 is 2.39 bits per heavy atom. The summed E-state index contributed by atoms with van der Waals surface area (Å²) in [6.07, 6.45) is 2.80. The van der Waals surface area contributed by atoms with Crippen LogP contribution in [-0.2, 0) is 10.0 Å². The highest BCUT2D eigenvalue weighted by molar-refractivity contribution is 7.89. The number of pyridine rings is 1. The lowest BCUT2D eigenvalue weighted by atomic mass is 10.2. The molecule has 0 bridgehead atoms. The van der Waals surface area contributed by atoms with Gasteiger partial charge in [-0.1, -0.05) is 0 Å². The Labute approximate surface area is 106 Å². The number of sulfonamides is 1. The molecule has 1 aromatic rings. The molecule has 1 atom stereocenters. The van der Waals surface area contributed by atoms with E-state index in [9.17, 15) is 13.5 Å². The van der Waals surface area contributed by atoms with Gasteiger partial charge in [0.25, 0.3) is 10.0 Å². The summed E-state index contributed by atoms with van der Waals surface area (Å²) in [5.74, 6) is 5.29. The maximum atomic E-state index is 12.4. The molecule has 0 saturated carbocycles. The molecule has 7 nitrogen and oxygen atoms in total. The zero-order valence-corrected chi connectivity index (χ0v) is 10.6. The number of hydrogen-bond donors (Lipinski definition) is 3. The number of nitrogens with zero attached hydrogens (tertiary/aromatic N) is 2. The van der Waals surface area contributed by atoms with E-state index in [2.05, 4.69) is 10.4 Å². The van der Waals surface area contributed by atoms with E-state index >= 15 is 0 Å². The second kappa shape index (κ2) is 5.19. The fraction of sp³-hybridized carbons (Fsp3) is 0.500. The highest BCUT2D eigenvalue weighted by atomic mass is 32.2. The molecule has 1 unspecified atom stereocenters. The number of anilines is 1. The predicted molar refractivity (Wildman–Crippen MR) is 66.0 cm³/mol. The van der Waals surface area contributed by atoms with Crippen LogP contribution in [0.5, 0.6) is 0 Å². The molecule has 1 fully saturated rings. The van der Waals surface area contributed by atoms with Crippen molar-refractivity contribution in [1.82, 2.24) is 9.29 Å². The Bertz CT molecular complexity index is 520. The van der Waals surface area contributed by atoms with Crippen molar-refractivity contribution in [3.63, 3.8) is 0 Å². The minimum absolute atomic E-state index is 0.104. The molecule has 0 aliphatic carbocycles. The SMILES string of the molecule is NNc1cccnc1S(=O)(=O)N1CCCC1CO. The van der Waals surface area contributed by atoms with Gasteiger partial charge in [-0.25, -0.2) is 13.4 Å². The second-order valence-electron chi connectivity index (χ2n) is 4.09. The first-order valence-corrected chi connectivity index (χ1v) is 7.09. The van der Waals surface area contributed by atoms with Crippen molar-refractivity contribution in [3.05, 3.63) is 18.3 Å². The Kier molecular flexibility index (Phi) is 3.81. The minimum atomic E-state index is -3.72. The van der Waals surface area contributed by atoms with Crippen molar-refractivity contribution in [1.29, 1.82) is 0 Å². The number of aliphatic hydroxyl groups excluding tert-OH is 1. The van der Waals surface area contributed by atoms with Gasteiger partial charge >= 0.3 is 0 Å². The van der Waals surface area contributed by atoms with Crippen LogP contribution in [0.1, 0.15) is 12.8 Å². The van der Waals surface area contributed by atoms with Crippen molar-refractivity contribution in [3.8, 4) is 0 Å². The molecule has 0 aromatic carbocycles. The third-order valence-corrected chi connectivity index (χ3v) is 4.93. The summed E-state index contributed by atoms with van der Waals surface area (Å²) in [6, 6.07) is 2.77. The van der Waals surface area contributed by atoms with Gasteiger partial charge in [0.1, 0.15) is 0 Å². The van der Waals surface area contributed by atoms with Crippen molar-refractivity contribution >= 4 is 15.7 Å². The van der Waals surface area contributed by atoms with E-state index in [1.54, 1.807) is 12.1 Å². The maximum Gasteiger partial charge on any atom is 0.263 e. The Hall–Kier alpha value is -1.22. The predicted octanol–water partition coefficient (Wildman–Crippen LogP) is -0.487. The van der Waals surface area contributed by atoms with Crippen LogP contribution in [0.2, 0.25) is 0 Å². The third-order valence-electron chi connectivity index (χ3n) is 3.01. The topological polar surface area (TPSA) is 109 Å². The van der Waals surface area contributed by atoms with Crippen LogP contribution in [0.25, 0.3) is 0 Å². The Morgan fingerprint density at radius 3 is 3.06 bits per heavy atom. The van der Waals surface area contributed by atoms with Crippen molar-refractivity contribution in [2.24, 2.45) is 5.84 Å². The molecule has 2 rings (SSSR count). The largest absolute Gasteiger partial charge is 0.395 e. The van der Waals surface area contributed by atoms with Crippen LogP contribution in [0.15, 0.2) is 23.4 Å². The zero-order chi connectivity index (χ0) is 13.2. The van der Waals surface area contributed by atoms with Crippen LogP contribution in [0.3, 0.4) is 0 Å². The molecule has 4 N–H and O–H groups in total. The summed E-state index contributed by atoms with van der Waals surface area (Å²) >= 11 is 0. The molecule has 100 valence electrons. The molecule has 1 aromatic heterocycles. The summed E-state index contributed by atoms with van der Waals surface area (Å²) in [5.41, 5.74) is 2.58. The van der Waals surface area contributed by atoms with E-state index in [1.165, 1.54) is 10.5 Å². The average Bonchev–Trinajstić information content (AvgIpc) is 2.87. The zero-order valence-electron chi connectivity index (χ0n) is 9.78. The summed E-state index contributed by atoms with van der Waals surface area (Å²) in [4.78, 5) is 3.88. The van der Waals surface area contributed by atoms with E-state index in [0.29, 0.717) is 13.0 Å². The van der Waals surface area contributed by atoms with Gasteiger partial charge in [0.2, 0.25) is 0 Å². The number of nitrogens with two attached hydrogens (primary N) is 1. The number of hydrogen-bond acceptors (Lipinski definition) is 6. The molecule has 18 heavy (non-hydrogen) atoms. The van der Waals surface area contributed by atoms with Gasteiger partial charge < -0.3 is 10.5 Å². The monoisotopic (exact) mass is 272 g/mol. The van der Waals surface area contributed by atoms with Gasteiger partial charge in [0, 0.05) is 18.8 Å². The standard InChI is InChI=1S/C10H16N4O3S/c11-13-9-4-1-5-12-10(9)18(16,17)14-6-2-3-8(14)7-15/h1,4-5,8,13,15H,2-3,6-7,11H2. The first-order chi connectivity index (χ1) is 8.61. The first-order valence-electron chi connectivity index (χ1n) is 5.65. The van der Waals surface area contributed by atoms with E-state index in [1.807, 2.05) is 0 Å². The smallest absolute Gasteiger partial charge is 0.263 e. The maximum absolute atomic E-state index is 12.4. The van der Waals surface area contributed by atoms with Gasteiger partial charge in [-0.05, 0) is 25.0 Å². The van der Waals surface area contributed by atoms with Crippen LogP contribution in [0.4, 0.5) is 5.69 Å². The molecule has 0 spiro atoms. The lowest BCUT2D eigenvalue weighted by Gasteiger charge is -2.22. The molecule has 0 radical (unpaired) electrons. The lowest BCUT2D eigenvalue weighted by Crippen LogP contribution is -2.38. The normalized spacial score (nSPS) is 21.1. The summed E-state index contributed by atoms with van der Waals surface area (Å²) in [6.45, 7) is 0.214. The van der Waals surface area contributed by atoms with E-state index < -0.39 is 10.0 Å². The Morgan fingerprint density at radius 1 is 1.61 bits per heavy atom. The van der Waals surface area contributed by atoms with Crippen LogP contribution in [-0.4, -0.2) is 42.0 Å². The number of nitrogen functional groups attached to an aromatic ring is 1. The summed E-state index contributed by atoms with van der Waals surface area (Å²) < 4.78 is 26.2. The average molecular weight is 272 g/mol. The van der Waals surface area contributed by atoms with Gasteiger partial charge in [-0.15, -0.1) is 0 Å². The number of aliphatic hydroxyl groups is 1. The van der Waals surface area contributed by atoms with E-state index in [0.717, 1.165) is 6.42 Å². The molecule has 1 aliphatic rings. The molecule has 1 saturated heterocycles. The van der Waals surface area contributed by atoms with Crippen LogP contribution in [0, 0.1) is 0 Å².